The fourth-order valence-electron chi connectivity index (χ4n) is 5.48. The molecule has 8 nitrogen and oxygen atoms in total. The molecule has 0 aromatic heterocycles. The smallest absolute Gasteiger partial charge is 0.462 e. The van der Waals surface area contributed by atoms with E-state index in [-0.39, 0.29) is 49.0 Å². The van der Waals surface area contributed by atoms with Crippen LogP contribution in [0.15, 0.2) is 24.3 Å². The van der Waals surface area contributed by atoms with Crippen LogP contribution in [-0.2, 0) is 28.2 Å². The predicted molar refractivity (Wildman–Crippen MR) is 198 cm³/mol. The second-order valence-corrected chi connectivity index (χ2v) is 14.5. The number of allylic oxidation sites excluding steroid dienone is 4. The summed E-state index contributed by atoms with van der Waals surface area (Å²) in [7, 11) is -4.75. The molecular formula is C39H73NaO8P+. The number of phosphoric ester groups is 1. The molecule has 0 unspecified atom stereocenters. The molecule has 49 heavy (non-hydrogen) atoms. The third-order valence-electron chi connectivity index (χ3n) is 8.44. The predicted octanol–water partition coefficient (Wildman–Crippen LogP) is 8.63. The van der Waals surface area contributed by atoms with E-state index in [0.29, 0.717) is 12.8 Å². The first-order valence-electron chi connectivity index (χ1n) is 19.6. The standard InChI is InChI=1S/C39H73O8P.Na/c1-3-5-7-9-11-13-15-17-19-21-23-25-27-29-31-33-38(40)45-35-37(36-46-48(42,43)44)47-39(41)34-32-30-28-26-24-22-20-18-16-14-12-10-8-6-4-2;/h17-20,37H,3-16,21-36H2,1-2H3,(H2,42,43,44);/q;+1/b19-17-,20-18-;/t37-;/m1./s1. The first-order chi connectivity index (χ1) is 23.3. The van der Waals surface area contributed by atoms with Crippen LogP contribution in [0.4, 0.5) is 0 Å². The third kappa shape index (κ3) is 41.8. The van der Waals surface area contributed by atoms with Crippen molar-refractivity contribution in [2.45, 2.75) is 200 Å². The molecule has 0 fully saturated rings. The Bertz CT molecular complexity index is 845. The molecule has 0 rings (SSSR count). The van der Waals surface area contributed by atoms with Gasteiger partial charge in [-0.2, -0.15) is 0 Å². The number of hydrogen-bond acceptors (Lipinski definition) is 6. The molecule has 0 aromatic carbocycles. The average molecular weight is 724 g/mol. The van der Waals surface area contributed by atoms with Crippen LogP contribution in [0.5, 0.6) is 0 Å². The molecule has 0 aliphatic carbocycles. The van der Waals surface area contributed by atoms with Crippen LogP contribution in [0.1, 0.15) is 194 Å². The maximum absolute atomic E-state index is 12.4. The van der Waals surface area contributed by atoms with Crippen molar-refractivity contribution in [1.29, 1.82) is 0 Å². The first-order valence-corrected chi connectivity index (χ1v) is 21.2. The van der Waals surface area contributed by atoms with E-state index in [1.54, 1.807) is 0 Å². The maximum atomic E-state index is 12.4. The van der Waals surface area contributed by atoms with Gasteiger partial charge in [0.1, 0.15) is 6.61 Å². The number of carbonyl (C=O) groups is 2. The van der Waals surface area contributed by atoms with Crippen molar-refractivity contribution in [2.75, 3.05) is 13.2 Å². The topological polar surface area (TPSA) is 119 Å². The Hall–Kier alpha value is -0.470. The minimum absolute atomic E-state index is 0. The van der Waals surface area contributed by atoms with Crippen molar-refractivity contribution >= 4 is 19.8 Å². The van der Waals surface area contributed by atoms with Gasteiger partial charge in [0.2, 0.25) is 0 Å². The number of hydrogen-bond donors (Lipinski definition) is 2. The van der Waals surface area contributed by atoms with Crippen LogP contribution in [0.2, 0.25) is 0 Å². The van der Waals surface area contributed by atoms with Gasteiger partial charge in [0, 0.05) is 12.8 Å². The summed E-state index contributed by atoms with van der Waals surface area (Å²) in [6.07, 6.45) is 38.9. The van der Waals surface area contributed by atoms with E-state index in [4.69, 9.17) is 19.3 Å². The molecule has 0 spiro atoms. The molecule has 0 aliphatic heterocycles. The molecule has 0 radical (unpaired) electrons. The molecule has 10 heteroatoms. The second-order valence-electron chi connectivity index (χ2n) is 13.2. The van der Waals surface area contributed by atoms with Crippen LogP contribution in [0, 0.1) is 0 Å². The molecule has 282 valence electrons. The minimum atomic E-state index is -4.75. The first kappa shape index (κ1) is 50.6. The average Bonchev–Trinajstić information content (AvgIpc) is 3.05. The van der Waals surface area contributed by atoms with Crippen molar-refractivity contribution in [3.05, 3.63) is 24.3 Å². The van der Waals surface area contributed by atoms with Gasteiger partial charge in [-0.15, -0.1) is 0 Å². The van der Waals surface area contributed by atoms with Crippen LogP contribution in [-0.4, -0.2) is 41.0 Å². The van der Waals surface area contributed by atoms with Gasteiger partial charge in [0.15, 0.2) is 6.10 Å². The third-order valence-corrected chi connectivity index (χ3v) is 8.93. The summed E-state index contributed by atoms with van der Waals surface area (Å²) in [5.74, 6) is -0.901. The summed E-state index contributed by atoms with van der Waals surface area (Å²) in [6.45, 7) is 3.66. The Balaban J connectivity index is 0. The monoisotopic (exact) mass is 723 g/mol. The fourth-order valence-corrected chi connectivity index (χ4v) is 5.84. The summed E-state index contributed by atoms with van der Waals surface area (Å²) in [6, 6.07) is 0. The number of phosphoric acid groups is 1. The molecule has 0 amide bonds. The van der Waals surface area contributed by atoms with Gasteiger partial charge in [-0.3, -0.25) is 14.1 Å². The Morgan fingerprint density at radius 1 is 0.531 bits per heavy atom. The van der Waals surface area contributed by atoms with Gasteiger partial charge >= 0.3 is 49.3 Å². The van der Waals surface area contributed by atoms with Crippen LogP contribution in [0.3, 0.4) is 0 Å². The summed E-state index contributed by atoms with van der Waals surface area (Å²) in [5.41, 5.74) is 0. The molecule has 0 saturated carbocycles. The number of unbranched alkanes of at least 4 members (excludes halogenated alkanes) is 22. The van der Waals surface area contributed by atoms with E-state index < -0.39 is 32.5 Å². The second kappa shape index (κ2) is 38.8. The fraction of sp³-hybridized carbons (Fsp3) is 0.846. The molecule has 1 atom stereocenters. The van der Waals surface area contributed by atoms with Gasteiger partial charge in [-0.05, 0) is 64.2 Å². The normalized spacial score (nSPS) is 12.4. The summed E-state index contributed by atoms with van der Waals surface area (Å²) in [5, 5.41) is 0. The van der Waals surface area contributed by atoms with Gasteiger partial charge < -0.3 is 19.3 Å². The van der Waals surface area contributed by atoms with E-state index in [2.05, 4.69) is 42.7 Å². The Labute approximate surface area is 322 Å². The zero-order valence-electron chi connectivity index (χ0n) is 31.9. The van der Waals surface area contributed by atoms with Crippen molar-refractivity contribution in [3.63, 3.8) is 0 Å². The maximum Gasteiger partial charge on any atom is 1.00 e. The molecule has 0 bridgehead atoms. The number of rotatable bonds is 36. The van der Waals surface area contributed by atoms with Crippen LogP contribution in [0.25, 0.3) is 0 Å². The Morgan fingerprint density at radius 3 is 1.27 bits per heavy atom. The number of esters is 2. The number of ether oxygens (including phenoxy) is 2. The Morgan fingerprint density at radius 2 is 0.878 bits per heavy atom. The van der Waals surface area contributed by atoms with E-state index in [9.17, 15) is 14.2 Å². The van der Waals surface area contributed by atoms with Crippen LogP contribution >= 0.6 is 7.82 Å². The molecule has 0 saturated heterocycles. The summed E-state index contributed by atoms with van der Waals surface area (Å²) >= 11 is 0. The zero-order chi connectivity index (χ0) is 35.4. The van der Waals surface area contributed by atoms with E-state index in [1.807, 2.05) is 0 Å². The van der Waals surface area contributed by atoms with Crippen LogP contribution < -0.4 is 29.6 Å². The van der Waals surface area contributed by atoms with Crippen molar-refractivity contribution in [3.8, 4) is 0 Å². The van der Waals surface area contributed by atoms with Crippen molar-refractivity contribution in [1.82, 2.24) is 0 Å². The van der Waals surface area contributed by atoms with Crippen molar-refractivity contribution in [2.24, 2.45) is 0 Å². The van der Waals surface area contributed by atoms with Crippen molar-refractivity contribution < 1.29 is 67.5 Å². The van der Waals surface area contributed by atoms with Gasteiger partial charge in [-0.1, -0.05) is 141 Å². The zero-order valence-corrected chi connectivity index (χ0v) is 34.8. The summed E-state index contributed by atoms with van der Waals surface area (Å²) < 4.78 is 26.3. The molecule has 0 heterocycles. The SMILES string of the molecule is CCCCCCCC/C=C\CCCCCCCC(=O)OC[C@H](COP(=O)(O)O)OC(=O)CCCCCCC/C=C\CCCCCCCC.[Na+]. The van der Waals surface area contributed by atoms with E-state index >= 15 is 0 Å². The van der Waals surface area contributed by atoms with Gasteiger partial charge in [-0.25, -0.2) is 4.57 Å². The Kier molecular flexibility index (Phi) is 40.0. The molecular weight excluding hydrogens is 650 g/mol. The van der Waals surface area contributed by atoms with E-state index in [1.165, 1.54) is 89.9 Å². The molecule has 0 aromatic rings. The van der Waals surface area contributed by atoms with Gasteiger partial charge in [0.05, 0.1) is 6.61 Å². The summed E-state index contributed by atoms with van der Waals surface area (Å²) in [4.78, 5) is 42.7. The quantitative estimate of drug-likeness (QED) is 0.0217. The molecule has 2 N–H and O–H groups in total. The largest absolute Gasteiger partial charge is 1.00 e. The molecule has 0 aliphatic rings. The van der Waals surface area contributed by atoms with E-state index in [0.717, 1.165) is 64.2 Å². The number of carbonyl (C=O) groups excluding carboxylic acids is 2. The minimum Gasteiger partial charge on any atom is -0.462 e. The van der Waals surface area contributed by atoms with Gasteiger partial charge in [0.25, 0.3) is 0 Å².